The quantitative estimate of drug-likeness (QED) is 0.560. The standard InChI is InChI=1S/C17H21N5S/c1-3-18-17(19-11-13-7-6-10-23-13)20-12-16-21-14-8-4-5-9-15(14)22(16)2/h4-10H,3,11-12H2,1-2H3,(H2,18,19,20). The first kappa shape index (κ1) is 15.6. The molecule has 2 aromatic heterocycles. The third-order valence-electron chi connectivity index (χ3n) is 3.61. The van der Waals surface area contributed by atoms with Gasteiger partial charge in [0.05, 0.1) is 17.6 Å². The number of hydrogen-bond acceptors (Lipinski definition) is 3. The molecule has 3 rings (SSSR count). The molecule has 6 heteroatoms. The van der Waals surface area contributed by atoms with Crippen molar-refractivity contribution in [3.05, 3.63) is 52.5 Å². The Balaban J connectivity index is 1.72. The van der Waals surface area contributed by atoms with E-state index >= 15 is 0 Å². The molecule has 0 fully saturated rings. The number of rotatable bonds is 5. The van der Waals surface area contributed by atoms with Crippen molar-refractivity contribution in [2.75, 3.05) is 6.54 Å². The van der Waals surface area contributed by atoms with Crippen LogP contribution in [0.3, 0.4) is 0 Å². The third kappa shape index (κ3) is 3.71. The van der Waals surface area contributed by atoms with Gasteiger partial charge in [-0.1, -0.05) is 18.2 Å². The van der Waals surface area contributed by atoms with E-state index in [0.29, 0.717) is 6.54 Å². The number of para-hydroxylation sites is 2. The molecule has 0 bridgehead atoms. The lowest BCUT2D eigenvalue weighted by atomic mass is 10.3. The fraction of sp³-hybridized carbons (Fsp3) is 0.294. The van der Waals surface area contributed by atoms with Crippen LogP contribution in [-0.4, -0.2) is 22.1 Å². The molecule has 5 nitrogen and oxygen atoms in total. The molecule has 0 saturated heterocycles. The molecule has 120 valence electrons. The van der Waals surface area contributed by atoms with Gasteiger partial charge >= 0.3 is 0 Å². The Hall–Kier alpha value is -2.34. The van der Waals surface area contributed by atoms with E-state index < -0.39 is 0 Å². The van der Waals surface area contributed by atoms with Gasteiger partial charge in [0.2, 0.25) is 0 Å². The fourth-order valence-corrected chi connectivity index (χ4v) is 3.06. The second kappa shape index (κ2) is 7.28. The molecule has 0 aliphatic carbocycles. The van der Waals surface area contributed by atoms with Crippen molar-refractivity contribution >= 4 is 28.3 Å². The normalized spacial score (nSPS) is 11.8. The number of fused-ring (bicyclic) bond motifs is 1. The van der Waals surface area contributed by atoms with Crippen molar-refractivity contribution in [1.29, 1.82) is 0 Å². The van der Waals surface area contributed by atoms with E-state index in [1.807, 2.05) is 25.2 Å². The number of hydrogen-bond donors (Lipinski definition) is 2. The molecule has 2 N–H and O–H groups in total. The third-order valence-corrected chi connectivity index (χ3v) is 4.49. The lowest BCUT2D eigenvalue weighted by Crippen LogP contribution is -2.36. The van der Waals surface area contributed by atoms with Gasteiger partial charge in [-0.3, -0.25) is 0 Å². The number of benzene rings is 1. The zero-order valence-electron chi connectivity index (χ0n) is 13.4. The molecule has 0 aliphatic heterocycles. The molecule has 0 radical (unpaired) electrons. The van der Waals surface area contributed by atoms with E-state index in [4.69, 9.17) is 0 Å². The molecule has 1 aromatic carbocycles. The van der Waals surface area contributed by atoms with E-state index in [-0.39, 0.29) is 0 Å². The molecule has 23 heavy (non-hydrogen) atoms. The Bertz CT molecular complexity index is 789. The van der Waals surface area contributed by atoms with E-state index in [1.165, 1.54) is 4.88 Å². The molecule has 0 atom stereocenters. The van der Waals surface area contributed by atoms with Crippen molar-refractivity contribution in [2.24, 2.45) is 12.0 Å². The first-order valence-electron chi connectivity index (χ1n) is 7.73. The second-order valence-corrected chi connectivity index (χ2v) is 6.24. The van der Waals surface area contributed by atoms with Gasteiger partial charge in [0, 0.05) is 18.5 Å². The second-order valence-electron chi connectivity index (χ2n) is 5.20. The van der Waals surface area contributed by atoms with E-state index in [1.54, 1.807) is 11.3 Å². The van der Waals surface area contributed by atoms with Gasteiger partial charge in [-0.15, -0.1) is 11.3 Å². The van der Waals surface area contributed by atoms with Gasteiger partial charge in [0.15, 0.2) is 5.96 Å². The van der Waals surface area contributed by atoms with Gasteiger partial charge in [-0.2, -0.15) is 0 Å². The topological polar surface area (TPSA) is 54.2 Å². The predicted molar refractivity (Wildman–Crippen MR) is 96.7 cm³/mol. The highest BCUT2D eigenvalue weighted by Gasteiger charge is 2.07. The van der Waals surface area contributed by atoms with Crippen LogP contribution < -0.4 is 10.6 Å². The van der Waals surface area contributed by atoms with Crippen LogP contribution in [0.2, 0.25) is 0 Å². The fourth-order valence-electron chi connectivity index (χ4n) is 2.41. The summed E-state index contributed by atoms with van der Waals surface area (Å²) in [7, 11) is 2.03. The van der Waals surface area contributed by atoms with Gasteiger partial charge in [-0.25, -0.2) is 9.98 Å². The summed E-state index contributed by atoms with van der Waals surface area (Å²) in [4.78, 5) is 10.6. The number of imidazole rings is 1. The maximum absolute atomic E-state index is 4.66. The van der Waals surface area contributed by atoms with Crippen LogP contribution in [0.25, 0.3) is 11.0 Å². The van der Waals surface area contributed by atoms with Gasteiger partial charge in [0.1, 0.15) is 12.4 Å². The van der Waals surface area contributed by atoms with Crippen LogP contribution in [-0.2, 0) is 20.1 Å². The van der Waals surface area contributed by atoms with Gasteiger partial charge in [0.25, 0.3) is 0 Å². The number of nitrogens with one attached hydrogen (secondary N) is 2. The summed E-state index contributed by atoms with van der Waals surface area (Å²) in [5.41, 5.74) is 2.14. The highest BCUT2D eigenvalue weighted by atomic mass is 32.1. The average molecular weight is 327 g/mol. The smallest absolute Gasteiger partial charge is 0.191 e. The van der Waals surface area contributed by atoms with E-state index in [2.05, 4.69) is 55.7 Å². The van der Waals surface area contributed by atoms with Crippen molar-refractivity contribution < 1.29 is 0 Å². The van der Waals surface area contributed by atoms with E-state index in [9.17, 15) is 0 Å². The number of nitrogens with zero attached hydrogens (tertiary/aromatic N) is 3. The molecule has 0 unspecified atom stereocenters. The molecule has 0 amide bonds. The minimum Gasteiger partial charge on any atom is -0.357 e. The van der Waals surface area contributed by atoms with Crippen LogP contribution in [0.15, 0.2) is 46.8 Å². The summed E-state index contributed by atoms with van der Waals surface area (Å²) in [6.45, 7) is 4.23. The molecule has 0 aliphatic rings. The van der Waals surface area contributed by atoms with Crippen molar-refractivity contribution in [3.8, 4) is 0 Å². The first-order chi connectivity index (χ1) is 11.3. The average Bonchev–Trinajstić information content (AvgIpc) is 3.19. The Labute approximate surface area is 140 Å². The molecular formula is C17H21N5S. The summed E-state index contributed by atoms with van der Waals surface area (Å²) < 4.78 is 2.10. The Morgan fingerprint density at radius 1 is 1.22 bits per heavy atom. The zero-order valence-corrected chi connectivity index (χ0v) is 14.2. The molecule has 0 spiro atoms. The van der Waals surface area contributed by atoms with Crippen LogP contribution >= 0.6 is 11.3 Å². The number of thiophene rings is 1. The van der Waals surface area contributed by atoms with Crippen LogP contribution in [0.1, 0.15) is 17.6 Å². The van der Waals surface area contributed by atoms with Crippen LogP contribution in [0, 0.1) is 0 Å². The largest absolute Gasteiger partial charge is 0.357 e. The Morgan fingerprint density at radius 3 is 2.83 bits per heavy atom. The summed E-state index contributed by atoms with van der Waals surface area (Å²) in [6, 6.07) is 12.3. The number of aryl methyl sites for hydroxylation is 1. The maximum atomic E-state index is 4.66. The Morgan fingerprint density at radius 2 is 2.09 bits per heavy atom. The highest BCUT2D eigenvalue weighted by molar-refractivity contribution is 7.09. The monoisotopic (exact) mass is 327 g/mol. The summed E-state index contributed by atoms with van der Waals surface area (Å²) in [6.07, 6.45) is 0. The SMILES string of the molecule is CCNC(=NCc1nc2ccccc2n1C)NCc1cccs1. The summed E-state index contributed by atoms with van der Waals surface area (Å²) in [5, 5.41) is 8.72. The lowest BCUT2D eigenvalue weighted by Gasteiger charge is -2.10. The number of aliphatic imine (C=N–C) groups is 1. The molecule has 2 heterocycles. The summed E-state index contributed by atoms with van der Waals surface area (Å²) in [5.74, 6) is 1.77. The van der Waals surface area contributed by atoms with Crippen LogP contribution in [0.4, 0.5) is 0 Å². The highest BCUT2D eigenvalue weighted by Crippen LogP contribution is 2.14. The lowest BCUT2D eigenvalue weighted by molar-refractivity contribution is 0.781. The first-order valence-corrected chi connectivity index (χ1v) is 8.60. The maximum Gasteiger partial charge on any atom is 0.191 e. The van der Waals surface area contributed by atoms with Crippen molar-refractivity contribution in [1.82, 2.24) is 20.2 Å². The van der Waals surface area contributed by atoms with E-state index in [0.717, 1.165) is 35.9 Å². The number of aromatic nitrogens is 2. The van der Waals surface area contributed by atoms with Crippen molar-refractivity contribution in [3.63, 3.8) is 0 Å². The molecule has 0 saturated carbocycles. The Kier molecular flexibility index (Phi) is 4.92. The summed E-state index contributed by atoms with van der Waals surface area (Å²) >= 11 is 1.74. The van der Waals surface area contributed by atoms with Crippen molar-refractivity contribution in [2.45, 2.75) is 20.0 Å². The predicted octanol–water partition coefficient (Wildman–Crippen LogP) is 2.89. The van der Waals surface area contributed by atoms with Crippen LogP contribution in [0.5, 0.6) is 0 Å². The molecule has 3 aromatic rings. The minimum absolute atomic E-state index is 0.547. The number of guanidine groups is 1. The van der Waals surface area contributed by atoms with Gasteiger partial charge in [-0.05, 0) is 30.5 Å². The van der Waals surface area contributed by atoms with Gasteiger partial charge < -0.3 is 15.2 Å². The minimum atomic E-state index is 0.547. The molecular weight excluding hydrogens is 306 g/mol. The zero-order chi connectivity index (χ0) is 16.1.